The third-order valence-electron chi connectivity index (χ3n) is 4.88. The van der Waals surface area contributed by atoms with Crippen LogP contribution in [0.2, 0.25) is 5.02 Å². The molecule has 1 aromatic carbocycles. The zero-order valence-corrected chi connectivity index (χ0v) is 15.9. The van der Waals surface area contributed by atoms with Crippen LogP contribution in [0.25, 0.3) is 0 Å². The lowest BCUT2D eigenvalue weighted by Crippen LogP contribution is -2.43. The summed E-state index contributed by atoms with van der Waals surface area (Å²) in [7, 11) is 0. The SMILES string of the molecule is CC(=O)N(CC(=O)O)C1CCCN(C(=O)C(C)c2cccc(Cl)c2)CC1. The Morgan fingerprint density at radius 3 is 2.65 bits per heavy atom. The van der Waals surface area contributed by atoms with Crippen molar-refractivity contribution >= 4 is 29.4 Å². The largest absolute Gasteiger partial charge is 0.480 e. The molecule has 1 aliphatic heterocycles. The van der Waals surface area contributed by atoms with E-state index in [-0.39, 0.29) is 30.3 Å². The van der Waals surface area contributed by atoms with Crippen LogP contribution in [-0.4, -0.2) is 58.4 Å². The summed E-state index contributed by atoms with van der Waals surface area (Å²) in [4.78, 5) is 38.9. The molecule has 1 saturated heterocycles. The van der Waals surface area contributed by atoms with E-state index in [1.165, 1.54) is 11.8 Å². The highest BCUT2D eigenvalue weighted by atomic mass is 35.5. The smallest absolute Gasteiger partial charge is 0.323 e. The van der Waals surface area contributed by atoms with Crippen molar-refractivity contribution in [1.29, 1.82) is 0 Å². The van der Waals surface area contributed by atoms with Crippen LogP contribution in [-0.2, 0) is 14.4 Å². The highest BCUT2D eigenvalue weighted by Gasteiger charge is 2.29. The second-order valence-corrected chi connectivity index (χ2v) is 7.16. The highest BCUT2D eigenvalue weighted by Crippen LogP contribution is 2.24. The number of rotatable bonds is 5. The van der Waals surface area contributed by atoms with Crippen LogP contribution in [0, 0.1) is 0 Å². The lowest BCUT2D eigenvalue weighted by molar-refractivity contribution is -0.145. The molecule has 1 aliphatic rings. The number of carbonyl (C=O) groups is 3. The van der Waals surface area contributed by atoms with Gasteiger partial charge in [-0.25, -0.2) is 0 Å². The Bertz CT molecular complexity index is 679. The molecule has 2 amide bonds. The van der Waals surface area contributed by atoms with E-state index in [1.54, 1.807) is 12.1 Å². The van der Waals surface area contributed by atoms with Crippen LogP contribution in [0.1, 0.15) is 44.6 Å². The van der Waals surface area contributed by atoms with Gasteiger partial charge in [-0.1, -0.05) is 23.7 Å². The van der Waals surface area contributed by atoms with Gasteiger partial charge in [-0.2, -0.15) is 0 Å². The fourth-order valence-corrected chi connectivity index (χ4v) is 3.65. The first-order chi connectivity index (χ1) is 12.3. The van der Waals surface area contributed by atoms with Crippen LogP contribution < -0.4 is 0 Å². The summed E-state index contributed by atoms with van der Waals surface area (Å²) in [5.74, 6) is -1.54. The average molecular weight is 381 g/mol. The van der Waals surface area contributed by atoms with Crippen LogP contribution in [0.3, 0.4) is 0 Å². The molecule has 1 N–H and O–H groups in total. The van der Waals surface area contributed by atoms with Gasteiger partial charge in [0, 0.05) is 31.1 Å². The second-order valence-electron chi connectivity index (χ2n) is 6.73. The number of hydrogen-bond donors (Lipinski definition) is 1. The van der Waals surface area contributed by atoms with Crippen molar-refractivity contribution in [3.05, 3.63) is 34.9 Å². The van der Waals surface area contributed by atoms with Crippen molar-refractivity contribution in [3.63, 3.8) is 0 Å². The minimum Gasteiger partial charge on any atom is -0.480 e. The number of carbonyl (C=O) groups excluding carboxylic acids is 2. The summed E-state index contributed by atoms with van der Waals surface area (Å²) in [6.07, 6.45) is 2.02. The summed E-state index contributed by atoms with van der Waals surface area (Å²) in [6, 6.07) is 7.14. The zero-order valence-electron chi connectivity index (χ0n) is 15.2. The maximum absolute atomic E-state index is 12.9. The number of nitrogens with zero attached hydrogens (tertiary/aromatic N) is 2. The minimum absolute atomic E-state index is 0.0283. The third-order valence-corrected chi connectivity index (χ3v) is 5.11. The summed E-state index contributed by atoms with van der Waals surface area (Å²) in [6.45, 7) is 4.07. The normalized spacial score (nSPS) is 18.7. The van der Waals surface area contributed by atoms with Gasteiger partial charge in [0.25, 0.3) is 0 Å². The molecule has 0 radical (unpaired) electrons. The van der Waals surface area contributed by atoms with Crippen molar-refractivity contribution in [2.45, 2.75) is 45.1 Å². The van der Waals surface area contributed by atoms with Gasteiger partial charge in [0.1, 0.15) is 6.54 Å². The molecule has 0 aromatic heterocycles. The monoisotopic (exact) mass is 380 g/mol. The number of carboxylic acids is 1. The Kier molecular flexibility index (Phi) is 7.03. The minimum atomic E-state index is -1.02. The lowest BCUT2D eigenvalue weighted by atomic mass is 9.99. The van der Waals surface area contributed by atoms with Crippen molar-refractivity contribution in [2.24, 2.45) is 0 Å². The van der Waals surface area contributed by atoms with Crippen molar-refractivity contribution < 1.29 is 19.5 Å². The summed E-state index contributed by atoms with van der Waals surface area (Å²) in [5.41, 5.74) is 0.875. The Labute approximate surface area is 158 Å². The maximum atomic E-state index is 12.9. The molecule has 0 saturated carbocycles. The second kappa shape index (κ2) is 9.03. The molecular weight excluding hydrogens is 356 g/mol. The number of hydrogen-bond acceptors (Lipinski definition) is 3. The van der Waals surface area contributed by atoms with Crippen LogP contribution in [0.4, 0.5) is 0 Å². The van der Waals surface area contributed by atoms with E-state index in [0.29, 0.717) is 31.0 Å². The van der Waals surface area contributed by atoms with Gasteiger partial charge in [-0.15, -0.1) is 0 Å². The van der Waals surface area contributed by atoms with Gasteiger partial charge >= 0.3 is 5.97 Å². The molecule has 1 fully saturated rings. The number of amides is 2. The first-order valence-corrected chi connectivity index (χ1v) is 9.20. The van der Waals surface area contributed by atoms with Gasteiger partial charge in [-0.3, -0.25) is 14.4 Å². The predicted molar refractivity (Wildman–Crippen MR) is 99.1 cm³/mol. The Hall–Kier alpha value is -2.08. The number of halogens is 1. The van der Waals surface area contributed by atoms with Crippen molar-refractivity contribution in [3.8, 4) is 0 Å². The number of carboxylic acid groups (broad SMARTS) is 1. The van der Waals surface area contributed by atoms with Crippen LogP contribution >= 0.6 is 11.6 Å². The Morgan fingerprint density at radius 2 is 2.04 bits per heavy atom. The van der Waals surface area contributed by atoms with Gasteiger partial charge in [0.15, 0.2) is 0 Å². The molecule has 1 aromatic rings. The van der Waals surface area contributed by atoms with E-state index < -0.39 is 5.97 Å². The average Bonchev–Trinajstić information content (AvgIpc) is 2.84. The molecule has 7 heteroatoms. The standard InChI is InChI=1S/C19H25ClN2O4/c1-13(15-5-3-6-16(20)11-15)19(26)21-9-4-7-17(8-10-21)22(14(2)23)12-18(24)25/h3,5-6,11,13,17H,4,7-10,12H2,1-2H3,(H,24,25). The van der Waals surface area contributed by atoms with E-state index in [2.05, 4.69) is 0 Å². The first kappa shape index (κ1) is 20.2. The highest BCUT2D eigenvalue weighted by molar-refractivity contribution is 6.30. The molecule has 2 atom stereocenters. The topological polar surface area (TPSA) is 77.9 Å². The van der Waals surface area contributed by atoms with E-state index in [9.17, 15) is 14.4 Å². The zero-order chi connectivity index (χ0) is 19.3. The summed E-state index contributed by atoms with van der Waals surface area (Å²) in [5, 5.41) is 9.63. The number of aliphatic carboxylic acids is 1. The molecule has 2 rings (SSSR count). The molecule has 0 aliphatic carbocycles. The van der Waals surface area contributed by atoms with E-state index in [1.807, 2.05) is 24.0 Å². The fourth-order valence-electron chi connectivity index (χ4n) is 3.45. The molecule has 6 nitrogen and oxygen atoms in total. The molecule has 26 heavy (non-hydrogen) atoms. The number of likely N-dealkylation sites (tertiary alicyclic amines) is 1. The van der Waals surface area contributed by atoms with Crippen LogP contribution in [0.5, 0.6) is 0 Å². The Balaban J connectivity index is 2.04. The van der Waals surface area contributed by atoms with E-state index in [4.69, 9.17) is 16.7 Å². The fraction of sp³-hybridized carbons (Fsp3) is 0.526. The van der Waals surface area contributed by atoms with Crippen molar-refractivity contribution in [2.75, 3.05) is 19.6 Å². The van der Waals surface area contributed by atoms with E-state index in [0.717, 1.165) is 12.0 Å². The van der Waals surface area contributed by atoms with E-state index >= 15 is 0 Å². The predicted octanol–water partition coefficient (Wildman–Crippen LogP) is 2.76. The van der Waals surface area contributed by atoms with Gasteiger partial charge in [0.2, 0.25) is 11.8 Å². The molecule has 0 spiro atoms. The van der Waals surface area contributed by atoms with Crippen molar-refractivity contribution in [1.82, 2.24) is 9.80 Å². The molecular formula is C19H25ClN2O4. The first-order valence-electron chi connectivity index (χ1n) is 8.83. The van der Waals surface area contributed by atoms with Gasteiger partial charge < -0.3 is 14.9 Å². The molecule has 2 unspecified atom stereocenters. The van der Waals surface area contributed by atoms with Gasteiger partial charge in [-0.05, 0) is 43.9 Å². The Morgan fingerprint density at radius 1 is 1.31 bits per heavy atom. The summed E-state index contributed by atoms with van der Waals surface area (Å²) < 4.78 is 0. The maximum Gasteiger partial charge on any atom is 0.323 e. The molecule has 1 heterocycles. The number of benzene rings is 1. The third kappa shape index (κ3) is 5.21. The van der Waals surface area contributed by atoms with Crippen LogP contribution in [0.15, 0.2) is 24.3 Å². The molecule has 142 valence electrons. The van der Waals surface area contributed by atoms with Gasteiger partial charge in [0.05, 0.1) is 5.92 Å². The lowest BCUT2D eigenvalue weighted by Gasteiger charge is -2.29. The summed E-state index contributed by atoms with van der Waals surface area (Å²) >= 11 is 6.02. The quantitative estimate of drug-likeness (QED) is 0.851. The molecule has 0 bridgehead atoms.